The minimum Gasteiger partial charge on any atom is -0.273 e. The Morgan fingerprint density at radius 1 is 0.792 bits per heavy atom. The summed E-state index contributed by atoms with van der Waals surface area (Å²) < 4.78 is 50.3. The molecule has 0 aromatic heterocycles. The van der Waals surface area contributed by atoms with Crippen molar-refractivity contribution < 1.29 is 21.6 Å². The number of aryl methyl sites for hydroxylation is 2. The van der Waals surface area contributed by atoms with Crippen molar-refractivity contribution in [1.82, 2.24) is 4.72 Å². The summed E-state index contributed by atoms with van der Waals surface area (Å²) >= 11 is 0. The molecule has 2 rings (SSSR count). The molecule has 0 saturated heterocycles. The molecule has 1 amide bonds. The normalized spacial score (nSPS) is 11.9. The molecule has 0 radical (unpaired) electrons. The van der Waals surface area contributed by atoms with Gasteiger partial charge in [-0.25, -0.2) is 21.6 Å². The van der Waals surface area contributed by atoms with E-state index in [0.29, 0.717) is 0 Å². The predicted molar refractivity (Wildman–Crippen MR) is 89.7 cm³/mol. The zero-order valence-electron chi connectivity index (χ0n) is 13.2. The van der Waals surface area contributed by atoms with Crippen LogP contribution in [-0.4, -0.2) is 28.5 Å². The zero-order chi connectivity index (χ0) is 18.0. The van der Waals surface area contributed by atoms with Crippen LogP contribution >= 0.6 is 0 Å². The van der Waals surface area contributed by atoms with E-state index in [2.05, 4.69) is 0 Å². The molecule has 2 aromatic carbocycles. The van der Waals surface area contributed by atoms with E-state index in [-0.39, 0.29) is 9.79 Å². The van der Waals surface area contributed by atoms with Gasteiger partial charge in [0.1, 0.15) is 5.75 Å². The lowest BCUT2D eigenvalue weighted by molar-refractivity contribution is -0.116. The topological polar surface area (TPSA) is 97.4 Å². The maximum absolute atomic E-state index is 12.2. The highest BCUT2D eigenvalue weighted by Gasteiger charge is 2.23. The molecule has 1 N–H and O–H groups in total. The van der Waals surface area contributed by atoms with Crippen LogP contribution in [0.25, 0.3) is 0 Å². The fraction of sp³-hybridized carbons (Fsp3) is 0.188. The molecule has 0 bridgehead atoms. The van der Waals surface area contributed by atoms with Crippen molar-refractivity contribution in [3.8, 4) is 0 Å². The molecule has 0 spiro atoms. The average molecular weight is 367 g/mol. The SMILES string of the molecule is Cc1ccc(S(=O)(=O)CC(=O)NS(=O)(=O)c2ccc(C)cc2)cc1. The Labute approximate surface area is 141 Å². The van der Waals surface area contributed by atoms with Crippen LogP contribution in [-0.2, 0) is 24.7 Å². The summed E-state index contributed by atoms with van der Waals surface area (Å²) in [5.41, 5.74) is 1.74. The molecule has 0 heterocycles. The lowest BCUT2D eigenvalue weighted by Crippen LogP contribution is -2.35. The van der Waals surface area contributed by atoms with E-state index < -0.39 is 31.5 Å². The first-order valence-electron chi connectivity index (χ1n) is 7.02. The van der Waals surface area contributed by atoms with Gasteiger partial charge >= 0.3 is 0 Å². The maximum atomic E-state index is 12.2. The number of sulfone groups is 1. The van der Waals surface area contributed by atoms with Crippen molar-refractivity contribution in [2.75, 3.05) is 5.75 Å². The third-order valence-corrected chi connectivity index (χ3v) is 6.30. The minimum atomic E-state index is -4.10. The quantitative estimate of drug-likeness (QED) is 0.865. The molecule has 0 aliphatic heterocycles. The number of hydrogen-bond acceptors (Lipinski definition) is 5. The standard InChI is InChI=1S/C16H17NO5S2/c1-12-3-7-14(8-4-12)23(19,20)11-16(18)17-24(21,22)15-9-5-13(2)6-10-15/h3-10H,11H2,1-2H3,(H,17,18). The van der Waals surface area contributed by atoms with Gasteiger partial charge in [0.2, 0.25) is 5.91 Å². The number of benzene rings is 2. The molecule has 0 saturated carbocycles. The lowest BCUT2D eigenvalue weighted by Gasteiger charge is -2.08. The molecule has 24 heavy (non-hydrogen) atoms. The minimum absolute atomic E-state index is 0.0315. The van der Waals surface area contributed by atoms with Crippen LogP contribution < -0.4 is 4.72 Å². The van der Waals surface area contributed by atoms with Gasteiger partial charge in [0.25, 0.3) is 10.0 Å². The Balaban J connectivity index is 2.15. The van der Waals surface area contributed by atoms with Crippen LogP contribution in [0, 0.1) is 13.8 Å². The predicted octanol–water partition coefficient (Wildman–Crippen LogP) is 1.58. The van der Waals surface area contributed by atoms with E-state index in [1.807, 2.05) is 0 Å². The average Bonchev–Trinajstić information content (AvgIpc) is 2.46. The van der Waals surface area contributed by atoms with Crippen LogP contribution in [0.15, 0.2) is 58.3 Å². The van der Waals surface area contributed by atoms with Crippen LogP contribution in [0.4, 0.5) is 0 Å². The van der Waals surface area contributed by atoms with E-state index in [4.69, 9.17) is 0 Å². The summed E-state index contributed by atoms with van der Waals surface area (Å²) in [6.07, 6.45) is 0. The first-order valence-corrected chi connectivity index (χ1v) is 10.2. The fourth-order valence-electron chi connectivity index (χ4n) is 1.96. The Morgan fingerprint density at radius 3 is 1.67 bits per heavy atom. The molecule has 2 aromatic rings. The Kier molecular flexibility index (Phi) is 5.10. The number of sulfonamides is 1. The van der Waals surface area contributed by atoms with Gasteiger partial charge in [-0.15, -0.1) is 0 Å². The summed E-state index contributed by atoms with van der Waals surface area (Å²) in [5.74, 6) is -2.04. The van der Waals surface area contributed by atoms with Gasteiger partial charge in [0, 0.05) is 0 Å². The molecule has 8 heteroatoms. The lowest BCUT2D eigenvalue weighted by atomic mass is 10.2. The number of carbonyl (C=O) groups is 1. The van der Waals surface area contributed by atoms with Crippen molar-refractivity contribution in [3.63, 3.8) is 0 Å². The third kappa shape index (κ3) is 4.42. The monoisotopic (exact) mass is 367 g/mol. The summed E-state index contributed by atoms with van der Waals surface area (Å²) in [7, 11) is -8.02. The second-order valence-electron chi connectivity index (χ2n) is 5.41. The molecular weight excluding hydrogens is 350 g/mol. The molecule has 0 fully saturated rings. The van der Waals surface area contributed by atoms with Gasteiger partial charge in [-0.3, -0.25) is 4.79 Å². The van der Waals surface area contributed by atoms with Gasteiger partial charge in [-0.1, -0.05) is 35.4 Å². The molecular formula is C16H17NO5S2. The first-order chi connectivity index (χ1) is 11.1. The van der Waals surface area contributed by atoms with Crippen LogP contribution in [0.1, 0.15) is 11.1 Å². The van der Waals surface area contributed by atoms with Gasteiger partial charge in [0.15, 0.2) is 9.84 Å². The van der Waals surface area contributed by atoms with Gasteiger partial charge in [-0.2, -0.15) is 0 Å². The smallest absolute Gasteiger partial charge is 0.264 e. The molecule has 0 unspecified atom stereocenters. The maximum Gasteiger partial charge on any atom is 0.264 e. The van der Waals surface area contributed by atoms with Crippen molar-refractivity contribution in [1.29, 1.82) is 0 Å². The molecule has 0 atom stereocenters. The van der Waals surface area contributed by atoms with Crippen molar-refractivity contribution in [2.45, 2.75) is 23.6 Å². The van der Waals surface area contributed by atoms with Gasteiger partial charge in [-0.05, 0) is 38.1 Å². The van der Waals surface area contributed by atoms with E-state index in [0.717, 1.165) is 11.1 Å². The highest BCUT2D eigenvalue weighted by molar-refractivity contribution is 7.93. The Bertz CT molecular complexity index is 865. The van der Waals surface area contributed by atoms with Crippen molar-refractivity contribution >= 4 is 25.8 Å². The summed E-state index contributed by atoms with van der Waals surface area (Å²) in [6.45, 7) is 3.60. The number of amides is 1. The second kappa shape index (κ2) is 6.74. The highest BCUT2D eigenvalue weighted by atomic mass is 32.2. The number of nitrogens with one attached hydrogen (secondary N) is 1. The Hall–Kier alpha value is -2.19. The van der Waals surface area contributed by atoms with Crippen LogP contribution in [0.5, 0.6) is 0 Å². The molecule has 0 aliphatic carbocycles. The summed E-state index contributed by atoms with van der Waals surface area (Å²) in [4.78, 5) is 11.8. The van der Waals surface area contributed by atoms with Crippen molar-refractivity contribution in [3.05, 3.63) is 59.7 Å². The molecule has 128 valence electrons. The largest absolute Gasteiger partial charge is 0.273 e. The summed E-state index contributed by atoms with van der Waals surface area (Å²) in [6, 6.07) is 11.8. The van der Waals surface area contributed by atoms with Gasteiger partial charge < -0.3 is 0 Å². The van der Waals surface area contributed by atoms with E-state index in [1.165, 1.54) is 24.3 Å². The van der Waals surface area contributed by atoms with Crippen molar-refractivity contribution in [2.24, 2.45) is 0 Å². The molecule has 0 aliphatic rings. The zero-order valence-corrected chi connectivity index (χ0v) is 14.8. The van der Waals surface area contributed by atoms with Crippen LogP contribution in [0.2, 0.25) is 0 Å². The Morgan fingerprint density at radius 2 is 1.21 bits per heavy atom. The number of hydrogen-bond donors (Lipinski definition) is 1. The molecule has 6 nitrogen and oxygen atoms in total. The fourth-order valence-corrected chi connectivity index (χ4v) is 4.17. The van der Waals surface area contributed by atoms with E-state index in [9.17, 15) is 21.6 Å². The van der Waals surface area contributed by atoms with Gasteiger partial charge in [0.05, 0.1) is 9.79 Å². The highest BCUT2D eigenvalue weighted by Crippen LogP contribution is 2.13. The van der Waals surface area contributed by atoms with Crippen LogP contribution in [0.3, 0.4) is 0 Å². The summed E-state index contributed by atoms with van der Waals surface area (Å²) in [5, 5.41) is 0. The number of carbonyl (C=O) groups excluding carboxylic acids is 1. The second-order valence-corrected chi connectivity index (χ2v) is 9.09. The van der Waals surface area contributed by atoms with E-state index in [1.54, 1.807) is 42.8 Å². The third-order valence-electron chi connectivity index (χ3n) is 3.28. The first kappa shape index (κ1) is 18.2. The van der Waals surface area contributed by atoms with E-state index >= 15 is 0 Å². The number of rotatable bonds is 5.